The highest BCUT2D eigenvalue weighted by molar-refractivity contribution is 9.10. The van der Waals surface area contributed by atoms with Crippen molar-refractivity contribution in [1.29, 1.82) is 0 Å². The Hall–Kier alpha value is -1.86. The zero-order chi connectivity index (χ0) is 17.3. The van der Waals surface area contributed by atoms with Crippen LogP contribution >= 0.6 is 15.9 Å². The molecule has 126 valence electrons. The van der Waals surface area contributed by atoms with Gasteiger partial charge in [0.05, 0.1) is 23.3 Å². The van der Waals surface area contributed by atoms with Gasteiger partial charge in [0.1, 0.15) is 0 Å². The molecule has 0 saturated heterocycles. The summed E-state index contributed by atoms with van der Waals surface area (Å²) in [6.45, 7) is 0. The van der Waals surface area contributed by atoms with Gasteiger partial charge in [-0.1, -0.05) is 22.0 Å². The van der Waals surface area contributed by atoms with Crippen LogP contribution in [0.25, 0.3) is 0 Å². The first-order valence-electron chi connectivity index (χ1n) is 7.43. The molecule has 0 spiro atoms. The third kappa shape index (κ3) is 3.32. The van der Waals surface area contributed by atoms with Crippen LogP contribution in [0.1, 0.15) is 27.9 Å². The third-order valence-electron chi connectivity index (χ3n) is 4.01. The molecule has 24 heavy (non-hydrogen) atoms. The van der Waals surface area contributed by atoms with E-state index in [1.54, 1.807) is 18.2 Å². The summed E-state index contributed by atoms with van der Waals surface area (Å²) in [5.41, 5.74) is 2.61. The standard InChI is InChI=1S/C17H16BrNO4S/c1-23-17(20)15-10-13(18)6-8-16(15)19-24(21,22)14-7-5-11-3-2-4-12(11)9-14/h5-10,19H,2-4H2,1H3. The van der Waals surface area contributed by atoms with Crippen LogP contribution in [-0.2, 0) is 27.6 Å². The van der Waals surface area contributed by atoms with Gasteiger partial charge in [-0.05, 0) is 60.7 Å². The van der Waals surface area contributed by atoms with E-state index in [4.69, 9.17) is 4.74 Å². The Morgan fingerprint density at radius 2 is 1.88 bits per heavy atom. The SMILES string of the molecule is COC(=O)c1cc(Br)ccc1NS(=O)(=O)c1ccc2c(c1)CCC2. The average molecular weight is 410 g/mol. The Labute approximate surface area is 149 Å². The molecule has 0 aliphatic heterocycles. The van der Waals surface area contributed by atoms with Crippen LogP contribution in [0.2, 0.25) is 0 Å². The van der Waals surface area contributed by atoms with Crippen LogP contribution in [0.15, 0.2) is 45.8 Å². The number of carbonyl (C=O) groups is 1. The average Bonchev–Trinajstić information content (AvgIpc) is 3.03. The Balaban J connectivity index is 1.97. The molecule has 7 heteroatoms. The van der Waals surface area contributed by atoms with Crippen molar-refractivity contribution in [2.24, 2.45) is 0 Å². The highest BCUT2D eigenvalue weighted by atomic mass is 79.9. The van der Waals surface area contributed by atoms with Crippen LogP contribution < -0.4 is 4.72 Å². The van der Waals surface area contributed by atoms with Gasteiger partial charge in [0.25, 0.3) is 10.0 Å². The summed E-state index contributed by atoms with van der Waals surface area (Å²) >= 11 is 3.27. The fourth-order valence-electron chi connectivity index (χ4n) is 2.80. The topological polar surface area (TPSA) is 72.5 Å². The molecule has 0 bridgehead atoms. The van der Waals surface area contributed by atoms with Crippen LogP contribution in [-0.4, -0.2) is 21.5 Å². The number of anilines is 1. The Morgan fingerprint density at radius 1 is 1.12 bits per heavy atom. The third-order valence-corrected chi connectivity index (χ3v) is 5.87. The fourth-order valence-corrected chi connectivity index (χ4v) is 4.29. The lowest BCUT2D eigenvalue weighted by molar-refractivity contribution is 0.0602. The van der Waals surface area contributed by atoms with Gasteiger partial charge in [-0.15, -0.1) is 0 Å². The van der Waals surface area contributed by atoms with Crippen molar-refractivity contribution in [3.8, 4) is 0 Å². The van der Waals surface area contributed by atoms with Gasteiger partial charge >= 0.3 is 5.97 Å². The number of hydrogen-bond donors (Lipinski definition) is 1. The molecule has 2 aromatic rings. The predicted octanol–water partition coefficient (Wildman–Crippen LogP) is 3.53. The minimum atomic E-state index is -3.79. The molecule has 0 saturated carbocycles. The first-order chi connectivity index (χ1) is 11.4. The highest BCUT2D eigenvalue weighted by Gasteiger charge is 2.21. The number of esters is 1. The maximum Gasteiger partial charge on any atom is 0.340 e. The summed E-state index contributed by atoms with van der Waals surface area (Å²) in [5, 5.41) is 0. The molecule has 0 atom stereocenters. The van der Waals surface area contributed by atoms with Gasteiger partial charge in [-0.25, -0.2) is 13.2 Å². The van der Waals surface area contributed by atoms with Gasteiger partial charge in [0, 0.05) is 4.47 Å². The Bertz CT molecular complexity index is 909. The van der Waals surface area contributed by atoms with Gasteiger partial charge < -0.3 is 4.74 Å². The molecule has 0 radical (unpaired) electrons. The molecule has 0 aromatic heterocycles. The lowest BCUT2D eigenvalue weighted by atomic mass is 10.1. The van der Waals surface area contributed by atoms with Gasteiger partial charge in [0.15, 0.2) is 0 Å². The molecule has 3 rings (SSSR count). The minimum Gasteiger partial charge on any atom is -0.465 e. The molecule has 0 unspecified atom stereocenters. The summed E-state index contributed by atoms with van der Waals surface area (Å²) in [4.78, 5) is 12.1. The van der Waals surface area contributed by atoms with E-state index in [0.29, 0.717) is 4.47 Å². The summed E-state index contributed by atoms with van der Waals surface area (Å²) in [5.74, 6) is -0.608. The minimum absolute atomic E-state index is 0.150. The molecule has 5 nitrogen and oxygen atoms in total. The number of carbonyl (C=O) groups excluding carboxylic acids is 1. The van der Waals surface area contributed by atoms with Gasteiger partial charge in [0.2, 0.25) is 0 Å². The van der Waals surface area contributed by atoms with Gasteiger partial charge in [-0.2, -0.15) is 0 Å². The Kier molecular flexibility index (Phi) is 4.64. The van der Waals surface area contributed by atoms with E-state index in [0.717, 1.165) is 24.8 Å². The first kappa shape index (κ1) is 17.0. The molecule has 1 aliphatic rings. The zero-order valence-corrected chi connectivity index (χ0v) is 15.4. The first-order valence-corrected chi connectivity index (χ1v) is 9.71. The number of methoxy groups -OCH3 is 1. The van der Waals surface area contributed by atoms with Crippen molar-refractivity contribution >= 4 is 37.6 Å². The maximum absolute atomic E-state index is 12.7. The van der Waals surface area contributed by atoms with Crippen molar-refractivity contribution < 1.29 is 17.9 Å². The lowest BCUT2D eigenvalue weighted by Gasteiger charge is -2.13. The number of fused-ring (bicyclic) bond motifs is 1. The summed E-state index contributed by atoms with van der Waals surface area (Å²) < 4.78 is 33.2. The second-order valence-electron chi connectivity index (χ2n) is 5.57. The molecular formula is C17H16BrNO4S. The fraction of sp³-hybridized carbons (Fsp3) is 0.235. The number of nitrogens with one attached hydrogen (secondary N) is 1. The lowest BCUT2D eigenvalue weighted by Crippen LogP contribution is -2.16. The molecule has 1 aliphatic carbocycles. The van der Waals surface area contributed by atoms with E-state index in [2.05, 4.69) is 20.7 Å². The number of benzene rings is 2. The van der Waals surface area contributed by atoms with Crippen molar-refractivity contribution in [3.05, 3.63) is 57.6 Å². The molecule has 0 fully saturated rings. The molecule has 0 heterocycles. The monoisotopic (exact) mass is 409 g/mol. The van der Waals surface area contributed by atoms with E-state index in [1.807, 2.05) is 6.07 Å². The van der Waals surface area contributed by atoms with Crippen molar-refractivity contribution in [2.45, 2.75) is 24.2 Å². The van der Waals surface area contributed by atoms with Crippen LogP contribution in [0.4, 0.5) is 5.69 Å². The Morgan fingerprint density at radius 3 is 2.62 bits per heavy atom. The van der Waals surface area contributed by atoms with Crippen LogP contribution in [0, 0.1) is 0 Å². The second kappa shape index (κ2) is 6.57. The normalized spacial score (nSPS) is 13.4. The van der Waals surface area contributed by atoms with E-state index in [1.165, 1.54) is 24.8 Å². The quantitative estimate of drug-likeness (QED) is 0.783. The van der Waals surface area contributed by atoms with Crippen LogP contribution in [0.3, 0.4) is 0 Å². The second-order valence-corrected chi connectivity index (χ2v) is 8.17. The van der Waals surface area contributed by atoms with E-state index >= 15 is 0 Å². The molecule has 1 N–H and O–H groups in total. The largest absolute Gasteiger partial charge is 0.465 e. The summed E-state index contributed by atoms with van der Waals surface area (Å²) in [6, 6.07) is 9.88. The van der Waals surface area contributed by atoms with E-state index in [9.17, 15) is 13.2 Å². The maximum atomic E-state index is 12.7. The molecular weight excluding hydrogens is 394 g/mol. The molecule has 2 aromatic carbocycles. The van der Waals surface area contributed by atoms with E-state index in [-0.39, 0.29) is 16.1 Å². The smallest absolute Gasteiger partial charge is 0.340 e. The van der Waals surface area contributed by atoms with Gasteiger partial charge in [-0.3, -0.25) is 4.72 Å². The predicted molar refractivity (Wildman–Crippen MR) is 94.8 cm³/mol. The van der Waals surface area contributed by atoms with Crippen molar-refractivity contribution in [1.82, 2.24) is 0 Å². The zero-order valence-electron chi connectivity index (χ0n) is 13.0. The highest BCUT2D eigenvalue weighted by Crippen LogP contribution is 2.28. The number of aryl methyl sites for hydroxylation is 2. The number of hydrogen-bond acceptors (Lipinski definition) is 4. The number of ether oxygens (including phenoxy) is 1. The summed E-state index contributed by atoms with van der Waals surface area (Å²) in [7, 11) is -2.53. The molecule has 0 amide bonds. The van der Waals surface area contributed by atoms with E-state index < -0.39 is 16.0 Å². The number of rotatable bonds is 4. The van der Waals surface area contributed by atoms with Crippen molar-refractivity contribution in [2.75, 3.05) is 11.8 Å². The van der Waals surface area contributed by atoms with Crippen LogP contribution in [0.5, 0.6) is 0 Å². The summed E-state index contributed by atoms with van der Waals surface area (Å²) in [6.07, 6.45) is 2.93. The van der Waals surface area contributed by atoms with Crippen molar-refractivity contribution in [3.63, 3.8) is 0 Å². The number of halogens is 1. The number of sulfonamides is 1.